The summed E-state index contributed by atoms with van der Waals surface area (Å²) in [5, 5.41) is 19.0. The molecule has 3 N–H and O–H groups in total. The van der Waals surface area contributed by atoms with Gasteiger partial charge in [0.05, 0.1) is 0 Å². The molecule has 1 aromatic heterocycles. The third-order valence-electron chi connectivity index (χ3n) is 2.36. The summed E-state index contributed by atoms with van der Waals surface area (Å²) < 4.78 is 26.1. The molecule has 0 amide bonds. The van der Waals surface area contributed by atoms with Gasteiger partial charge in [0, 0.05) is 13.2 Å². The van der Waals surface area contributed by atoms with Crippen LogP contribution in [0.1, 0.15) is 23.0 Å². The SMILES string of the molecule is CC(CCO)CNS(=O)(=O)c1ccsc1C(=O)O. The van der Waals surface area contributed by atoms with Crippen LogP contribution in [0.2, 0.25) is 0 Å². The molecule has 18 heavy (non-hydrogen) atoms. The average molecular weight is 293 g/mol. The van der Waals surface area contributed by atoms with E-state index in [1.807, 2.05) is 0 Å². The van der Waals surface area contributed by atoms with E-state index in [-0.39, 0.29) is 28.8 Å². The molecule has 6 nitrogen and oxygen atoms in total. The summed E-state index contributed by atoms with van der Waals surface area (Å²) in [6.07, 6.45) is 0.484. The quantitative estimate of drug-likeness (QED) is 0.688. The van der Waals surface area contributed by atoms with Gasteiger partial charge in [-0.3, -0.25) is 0 Å². The van der Waals surface area contributed by atoms with Crippen molar-refractivity contribution in [3.63, 3.8) is 0 Å². The van der Waals surface area contributed by atoms with Crippen molar-refractivity contribution in [3.05, 3.63) is 16.3 Å². The third-order valence-corrected chi connectivity index (χ3v) is 4.85. The van der Waals surface area contributed by atoms with Crippen molar-refractivity contribution in [2.45, 2.75) is 18.2 Å². The van der Waals surface area contributed by atoms with Crippen molar-refractivity contribution in [2.24, 2.45) is 5.92 Å². The van der Waals surface area contributed by atoms with Crippen molar-refractivity contribution < 1.29 is 23.4 Å². The lowest BCUT2D eigenvalue weighted by Gasteiger charge is -2.11. The Balaban J connectivity index is 2.80. The molecule has 8 heteroatoms. The van der Waals surface area contributed by atoms with Gasteiger partial charge in [0.15, 0.2) is 0 Å². The van der Waals surface area contributed by atoms with Crippen LogP contribution in [0.4, 0.5) is 0 Å². The molecular weight excluding hydrogens is 278 g/mol. The molecule has 0 saturated heterocycles. The zero-order chi connectivity index (χ0) is 13.8. The normalized spacial score (nSPS) is 13.4. The largest absolute Gasteiger partial charge is 0.477 e. The van der Waals surface area contributed by atoms with Gasteiger partial charge in [-0.05, 0) is 23.8 Å². The molecule has 0 saturated carbocycles. The number of aromatic carboxylic acids is 1. The fourth-order valence-electron chi connectivity index (χ4n) is 1.32. The van der Waals surface area contributed by atoms with Gasteiger partial charge in [0.1, 0.15) is 9.77 Å². The van der Waals surface area contributed by atoms with Gasteiger partial charge >= 0.3 is 5.97 Å². The first kappa shape index (κ1) is 15.1. The second-order valence-corrected chi connectivity index (χ2v) is 6.54. The number of hydrogen-bond donors (Lipinski definition) is 3. The molecule has 102 valence electrons. The van der Waals surface area contributed by atoms with Crippen LogP contribution < -0.4 is 4.72 Å². The minimum absolute atomic E-state index is 0.0122. The molecule has 0 aromatic carbocycles. The maximum Gasteiger partial charge on any atom is 0.347 e. The minimum atomic E-state index is -3.81. The van der Waals surface area contributed by atoms with E-state index >= 15 is 0 Å². The molecule has 0 aliphatic rings. The van der Waals surface area contributed by atoms with Gasteiger partial charge in [-0.25, -0.2) is 17.9 Å². The Hall–Kier alpha value is -0.960. The lowest BCUT2D eigenvalue weighted by atomic mass is 10.1. The van der Waals surface area contributed by atoms with Gasteiger partial charge in [-0.1, -0.05) is 6.92 Å². The molecule has 0 fully saturated rings. The van der Waals surface area contributed by atoms with Gasteiger partial charge in [-0.15, -0.1) is 11.3 Å². The molecule has 0 aliphatic carbocycles. The van der Waals surface area contributed by atoms with Gasteiger partial charge in [-0.2, -0.15) is 0 Å². The first-order chi connectivity index (χ1) is 8.38. The van der Waals surface area contributed by atoms with Crippen LogP contribution in [-0.4, -0.2) is 37.8 Å². The van der Waals surface area contributed by atoms with Gasteiger partial charge in [0.2, 0.25) is 10.0 Å². The summed E-state index contributed by atoms with van der Waals surface area (Å²) in [5.74, 6) is -1.27. The molecule has 1 rings (SSSR count). The predicted molar refractivity (Wildman–Crippen MR) is 67.3 cm³/mol. The summed E-state index contributed by atoms with van der Waals surface area (Å²) in [4.78, 5) is 10.4. The molecule has 1 atom stereocenters. The molecule has 0 spiro atoms. The van der Waals surface area contributed by atoms with Crippen LogP contribution in [0.3, 0.4) is 0 Å². The smallest absolute Gasteiger partial charge is 0.347 e. The number of hydrogen-bond acceptors (Lipinski definition) is 5. The Morgan fingerprint density at radius 3 is 2.78 bits per heavy atom. The van der Waals surface area contributed by atoms with E-state index in [1.54, 1.807) is 6.92 Å². The molecule has 0 radical (unpaired) electrons. The lowest BCUT2D eigenvalue weighted by Crippen LogP contribution is -2.29. The topological polar surface area (TPSA) is 104 Å². The second kappa shape index (κ2) is 6.28. The van der Waals surface area contributed by atoms with Crippen molar-refractivity contribution in [2.75, 3.05) is 13.2 Å². The van der Waals surface area contributed by atoms with Crippen LogP contribution in [-0.2, 0) is 10.0 Å². The number of thiophene rings is 1. The zero-order valence-electron chi connectivity index (χ0n) is 9.79. The van der Waals surface area contributed by atoms with Crippen molar-refractivity contribution in [1.29, 1.82) is 0 Å². The predicted octanol–water partition coefficient (Wildman–Crippen LogP) is 0.743. The summed E-state index contributed by atoms with van der Waals surface area (Å²) in [7, 11) is -3.81. The fourth-order valence-corrected chi connectivity index (χ4v) is 3.74. The number of sulfonamides is 1. The Labute approximate surface area is 109 Å². The van der Waals surface area contributed by atoms with Crippen molar-refractivity contribution in [3.8, 4) is 0 Å². The van der Waals surface area contributed by atoms with E-state index in [2.05, 4.69) is 4.72 Å². The molecular formula is C10H15NO5S2. The van der Waals surface area contributed by atoms with Crippen LogP contribution >= 0.6 is 11.3 Å². The monoisotopic (exact) mass is 293 g/mol. The van der Waals surface area contributed by atoms with E-state index in [4.69, 9.17) is 10.2 Å². The highest BCUT2D eigenvalue weighted by Gasteiger charge is 2.23. The minimum Gasteiger partial charge on any atom is -0.477 e. The van der Waals surface area contributed by atoms with Crippen molar-refractivity contribution in [1.82, 2.24) is 4.72 Å². The standard InChI is InChI=1S/C10H15NO5S2/c1-7(2-4-12)6-11-18(15,16)8-3-5-17-9(8)10(13)14/h3,5,7,11-12H,2,4,6H2,1H3,(H,13,14). The molecule has 1 unspecified atom stereocenters. The number of carboxylic acids is 1. The number of carboxylic acid groups (broad SMARTS) is 1. The number of rotatable bonds is 7. The molecule has 0 aliphatic heterocycles. The Bertz CT molecular complexity index is 508. The summed E-state index contributed by atoms with van der Waals surface area (Å²) >= 11 is 0.870. The fraction of sp³-hybridized carbons (Fsp3) is 0.500. The maximum atomic E-state index is 11.9. The second-order valence-electron chi connectivity index (χ2n) is 3.89. The lowest BCUT2D eigenvalue weighted by molar-refractivity contribution is 0.0698. The number of carbonyl (C=O) groups is 1. The summed E-state index contributed by atoms with van der Waals surface area (Å²) in [6, 6.07) is 1.27. The van der Waals surface area contributed by atoms with Crippen LogP contribution in [0.5, 0.6) is 0 Å². The van der Waals surface area contributed by atoms with E-state index in [0.717, 1.165) is 11.3 Å². The highest BCUT2D eigenvalue weighted by atomic mass is 32.2. The summed E-state index contributed by atoms with van der Waals surface area (Å²) in [5.41, 5.74) is 0. The van der Waals surface area contributed by atoms with E-state index in [1.165, 1.54) is 11.4 Å². The number of aliphatic hydroxyl groups is 1. The Kier molecular flexibility index (Phi) is 5.27. The highest BCUT2D eigenvalue weighted by Crippen LogP contribution is 2.21. The Morgan fingerprint density at radius 2 is 2.22 bits per heavy atom. The van der Waals surface area contributed by atoms with Gasteiger partial charge < -0.3 is 10.2 Å². The zero-order valence-corrected chi connectivity index (χ0v) is 11.4. The molecule has 0 bridgehead atoms. The van der Waals surface area contributed by atoms with Crippen LogP contribution in [0.25, 0.3) is 0 Å². The van der Waals surface area contributed by atoms with E-state index in [0.29, 0.717) is 6.42 Å². The average Bonchev–Trinajstić information content (AvgIpc) is 2.76. The maximum absolute atomic E-state index is 11.9. The van der Waals surface area contributed by atoms with E-state index < -0.39 is 16.0 Å². The first-order valence-electron chi connectivity index (χ1n) is 5.29. The van der Waals surface area contributed by atoms with E-state index in [9.17, 15) is 13.2 Å². The van der Waals surface area contributed by atoms with Crippen LogP contribution in [0, 0.1) is 5.92 Å². The van der Waals surface area contributed by atoms with Crippen LogP contribution in [0.15, 0.2) is 16.3 Å². The van der Waals surface area contributed by atoms with Gasteiger partial charge in [0.25, 0.3) is 0 Å². The molecule has 1 heterocycles. The molecule has 1 aromatic rings. The van der Waals surface area contributed by atoms with Crippen molar-refractivity contribution >= 4 is 27.3 Å². The summed E-state index contributed by atoms with van der Waals surface area (Å²) in [6.45, 7) is 1.95. The number of aliphatic hydroxyl groups excluding tert-OH is 1. The Morgan fingerprint density at radius 1 is 1.56 bits per heavy atom. The first-order valence-corrected chi connectivity index (χ1v) is 7.66. The highest BCUT2D eigenvalue weighted by molar-refractivity contribution is 7.89. The number of nitrogens with one attached hydrogen (secondary N) is 1. The third kappa shape index (κ3) is 3.77.